The third kappa shape index (κ3) is 2.66. The van der Waals surface area contributed by atoms with E-state index in [1.54, 1.807) is 13.8 Å². The highest BCUT2D eigenvalue weighted by atomic mass is 32.2. The summed E-state index contributed by atoms with van der Waals surface area (Å²) in [5, 5.41) is 6.44. The molecule has 1 aromatic heterocycles. The monoisotopic (exact) mass is 298 g/mol. The maximum absolute atomic E-state index is 13.0. The fourth-order valence-electron chi connectivity index (χ4n) is 1.90. The zero-order valence-electron chi connectivity index (χ0n) is 11.1. The molecular formula is C12H15FN4O2S. The predicted molar refractivity (Wildman–Crippen MR) is 73.2 cm³/mol. The topological polar surface area (TPSA) is 101 Å². The Bertz CT molecular complexity index is 740. The number of benzene rings is 1. The first-order valence-corrected chi connectivity index (χ1v) is 7.36. The van der Waals surface area contributed by atoms with Crippen molar-refractivity contribution >= 4 is 15.7 Å². The Morgan fingerprint density at radius 3 is 2.70 bits per heavy atom. The molecular weight excluding hydrogens is 283 g/mol. The summed E-state index contributed by atoms with van der Waals surface area (Å²) in [7, 11) is -3.82. The van der Waals surface area contributed by atoms with Gasteiger partial charge in [-0.25, -0.2) is 12.8 Å². The number of halogens is 1. The summed E-state index contributed by atoms with van der Waals surface area (Å²) in [6.45, 7) is 3.22. The molecule has 0 bridgehead atoms. The molecule has 0 fully saturated rings. The van der Waals surface area contributed by atoms with Crippen molar-refractivity contribution in [3.05, 3.63) is 41.0 Å². The van der Waals surface area contributed by atoms with Crippen molar-refractivity contribution in [2.45, 2.75) is 25.3 Å². The fourth-order valence-corrected chi connectivity index (χ4v) is 3.41. The Balaban J connectivity index is 2.43. The number of sulfonamides is 1. The van der Waals surface area contributed by atoms with Crippen molar-refractivity contribution in [2.75, 3.05) is 4.72 Å². The number of aryl methyl sites for hydroxylation is 2. The third-order valence-corrected chi connectivity index (χ3v) is 4.42. The van der Waals surface area contributed by atoms with Crippen molar-refractivity contribution in [2.24, 2.45) is 5.73 Å². The molecule has 8 heteroatoms. The van der Waals surface area contributed by atoms with E-state index < -0.39 is 15.8 Å². The van der Waals surface area contributed by atoms with Crippen LogP contribution >= 0.6 is 0 Å². The van der Waals surface area contributed by atoms with Gasteiger partial charge in [0.25, 0.3) is 10.0 Å². The second kappa shape index (κ2) is 5.22. The maximum atomic E-state index is 13.0. The molecule has 2 rings (SSSR count). The summed E-state index contributed by atoms with van der Waals surface area (Å²) in [4.78, 5) is 0.0312. The number of nitrogens with two attached hydrogens (primary N) is 1. The maximum Gasteiger partial charge on any atom is 0.265 e. The molecule has 1 aromatic carbocycles. The number of nitrogens with zero attached hydrogens (tertiary/aromatic N) is 1. The quantitative estimate of drug-likeness (QED) is 0.794. The van der Waals surface area contributed by atoms with Gasteiger partial charge in [-0.15, -0.1) is 0 Å². The molecule has 6 nitrogen and oxygen atoms in total. The number of aromatic nitrogens is 2. The Kier molecular flexibility index (Phi) is 3.78. The van der Waals surface area contributed by atoms with Crippen LogP contribution < -0.4 is 10.5 Å². The molecule has 1 heterocycles. The largest absolute Gasteiger partial charge is 0.325 e. The molecule has 2 aromatic rings. The number of aromatic amines is 1. The average molecular weight is 298 g/mol. The van der Waals surface area contributed by atoms with Gasteiger partial charge in [-0.3, -0.25) is 9.82 Å². The second-order valence-electron chi connectivity index (χ2n) is 4.39. The number of hydrogen-bond acceptors (Lipinski definition) is 4. The smallest absolute Gasteiger partial charge is 0.265 e. The summed E-state index contributed by atoms with van der Waals surface area (Å²) in [5.74, 6) is -0.424. The number of hydrogen-bond donors (Lipinski definition) is 3. The molecule has 0 amide bonds. The van der Waals surface area contributed by atoms with Gasteiger partial charge in [0.2, 0.25) is 0 Å². The fraction of sp³-hybridized carbons (Fsp3) is 0.250. The van der Waals surface area contributed by atoms with Crippen molar-refractivity contribution in [1.82, 2.24) is 10.2 Å². The minimum Gasteiger partial charge on any atom is -0.325 e. The Morgan fingerprint density at radius 2 is 2.10 bits per heavy atom. The molecule has 0 aliphatic heterocycles. The van der Waals surface area contributed by atoms with Gasteiger partial charge in [-0.1, -0.05) is 0 Å². The number of anilines is 1. The van der Waals surface area contributed by atoms with Gasteiger partial charge in [0, 0.05) is 6.54 Å². The molecule has 0 radical (unpaired) electrons. The van der Waals surface area contributed by atoms with Gasteiger partial charge < -0.3 is 5.73 Å². The van der Waals surface area contributed by atoms with Crippen LogP contribution in [0.25, 0.3) is 0 Å². The van der Waals surface area contributed by atoms with Crippen LogP contribution in [0.4, 0.5) is 10.1 Å². The van der Waals surface area contributed by atoms with E-state index in [2.05, 4.69) is 14.9 Å². The van der Waals surface area contributed by atoms with Crippen LogP contribution in [-0.4, -0.2) is 18.6 Å². The van der Waals surface area contributed by atoms with Gasteiger partial charge in [-0.2, -0.15) is 5.10 Å². The standard InChI is InChI=1S/C12H15FN4O2S/c1-7-5-9(13)3-4-10(7)17-20(18,19)12-8(2)15-16-11(12)6-14/h3-5,17H,6,14H2,1-2H3,(H,15,16). The van der Waals surface area contributed by atoms with E-state index in [9.17, 15) is 12.8 Å². The van der Waals surface area contributed by atoms with Gasteiger partial charge in [0.15, 0.2) is 0 Å². The highest BCUT2D eigenvalue weighted by Crippen LogP contribution is 2.23. The first-order valence-electron chi connectivity index (χ1n) is 5.88. The Hall–Kier alpha value is -1.93. The van der Waals surface area contributed by atoms with Crippen LogP contribution in [0.3, 0.4) is 0 Å². The Labute approximate surface area is 116 Å². The predicted octanol–water partition coefficient (Wildman–Crippen LogP) is 1.43. The zero-order valence-corrected chi connectivity index (χ0v) is 11.9. The minimum atomic E-state index is -3.82. The minimum absolute atomic E-state index is 0.00296. The summed E-state index contributed by atoms with van der Waals surface area (Å²) >= 11 is 0. The van der Waals surface area contributed by atoms with Crippen molar-refractivity contribution in [1.29, 1.82) is 0 Å². The molecule has 0 spiro atoms. The van der Waals surface area contributed by atoms with E-state index in [-0.39, 0.29) is 17.1 Å². The van der Waals surface area contributed by atoms with Crippen LogP contribution in [0.15, 0.2) is 23.1 Å². The molecule has 0 atom stereocenters. The number of rotatable bonds is 4. The lowest BCUT2D eigenvalue weighted by Crippen LogP contribution is -2.17. The van der Waals surface area contributed by atoms with E-state index >= 15 is 0 Å². The lowest BCUT2D eigenvalue weighted by molar-refractivity contribution is 0.599. The van der Waals surface area contributed by atoms with Crippen LogP contribution in [0.1, 0.15) is 17.0 Å². The first kappa shape index (κ1) is 14.5. The summed E-state index contributed by atoms with van der Waals surface area (Å²) < 4.78 is 40.2. The SMILES string of the molecule is Cc1cc(F)ccc1NS(=O)(=O)c1c(CN)n[nH]c1C. The van der Waals surface area contributed by atoms with Crippen LogP contribution in [0.2, 0.25) is 0 Å². The second-order valence-corrected chi connectivity index (χ2v) is 6.01. The van der Waals surface area contributed by atoms with Crippen molar-refractivity contribution < 1.29 is 12.8 Å². The van der Waals surface area contributed by atoms with Gasteiger partial charge in [-0.05, 0) is 37.6 Å². The lowest BCUT2D eigenvalue weighted by Gasteiger charge is -2.11. The molecule has 0 unspecified atom stereocenters. The zero-order chi connectivity index (χ0) is 14.9. The van der Waals surface area contributed by atoms with E-state index in [1.165, 1.54) is 18.2 Å². The number of H-pyrrole nitrogens is 1. The van der Waals surface area contributed by atoms with E-state index in [4.69, 9.17) is 5.73 Å². The van der Waals surface area contributed by atoms with E-state index in [0.29, 0.717) is 16.9 Å². The van der Waals surface area contributed by atoms with Crippen LogP contribution in [-0.2, 0) is 16.6 Å². The summed E-state index contributed by atoms with van der Waals surface area (Å²) in [5.41, 5.74) is 6.94. The molecule has 0 saturated heterocycles. The normalized spacial score (nSPS) is 11.6. The molecule has 0 aliphatic rings. The highest BCUT2D eigenvalue weighted by molar-refractivity contribution is 7.92. The van der Waals surface area contributed by atoms with E-state index in [0.717, 1.165) is 0 Å². The van der Waals surface area contributed by atoms with Crippen LogP contribution in [0.5, 0.6) is 0 Å². The first-order chi connectivity index (χ1) is 9.35. The van der Waals surface area contributed by atoms with Crippen LogP contribution in [0, 0.1) is 19.7 Å². The molecule has 20 heavy (non-hydrogen) atoms. The highest BCUT2D eigenvalue weighted by Gasteiger charge is 2.24. The van der Waals surface area contributed by atoms with E-state index in [1.807, 2.05) is 0 Å². The average Bonchev–Trinajstić information content (AvgIpc) is 2.75. The summed E-state index contributed by atoms with van der Waals surface area (Å²) in [6.07, 6.45) is 0. The van der Waals surface area contributed by atoms with Gasteiger partial charge in [0.1, 0.15) is 10.7 Å². The molecule has 108 valence electrons. The van der Waals surface area contributed by atoms with Gasteiger partial charge >= 0.3 is 0 Å². The summed E-state index contributed by atoms with van der Waals surface area (Å²) in [6, 6.07) is 3.82. The number of nitrogens with one attached hydrogen (secondary N) is 2. The molecule has 0 saturated carbocycles. The molecule has 4 N–H and O–H groups in total. The van der Waals surface area contributed by atoms with Crippen molar-refractivity contribution in [3.8, 4) is 0 Å². The lowest BCUT2D eigenvalue weighted by atomic mass is 10.2. The Morgan fingerprint density at radius 1 is 1.40 bits per heavy atom. The molecule has 0 aliphatic carbocycles. The third-order valence-electron chi connectivity index (χ3n) is 2.86. The van der Waals surface area contributed by atoms with Gasteiger partial charge in [0.05, 0.1) is 17.1 Å². The van der Waals surface area contributed by atoms with Crippen molar-refractivity contribution in [3.63, 3.8) is 0 Å².